The van der Waals surface area contributed by atoms with Crippen LogP contribution in [0.1, 0.15) is 0 Å². The van der Waals surface area contributed by atoms with Crippen molar-refractivity contribution in [1.29, 1.82) is 0 Å². The molecule has 0 radical (unpaired) electrons. The summed E-state index contributed by atoms with van der Waals surface area (Å²) < 4.78 is 46.9. The molecule has 0 saturated heterocycles. The molecule has 28 heavy (non-hydrogen) atoms. The molecule has 0 saturated carbocycles. The molecule has 10 heteroatoms. The van der Waals surface area contributed by atoms with Crippen molar-refractivity contribution < 1.29 is 22.6 Å². The maximum Gasteiger partial charge on any atom is 0.263 e. The van der Waals surface area contributed by atoms with Crippen LogP contribution >= 0.6 is 22.6 Å². The van der Waals surface area contributed by atoms with Crippen molar-refractivity contribution in [3.63, 3.8) is 0 Å². The highest BCUT2D eigenvalue weighted by Gasteiger charge is 2.25. The van der Waals surface area contributed by atoms with E-state index in [1.807, 2.05) is 0 Å². The average molecular weight is 513 g/mol. The van der Waals surface area contributed by atoms with Gasteiger partial charge in [-0.15, -0.1) is 5.10 Å². The first-order valence-corrected chi connectivity index (χ1v) is 10.7. The fourth-order valence-corrected chi connectivity index (χ4v) is 4.33. The molecule has 0 fully saturated rings. The van der Waals surface area contributed by atoms with Crippen molar-refractivity contribution in [3.05, 3.63) is 46.0 Å². The summed E-state index contributed by atoms with van der Waals surface area (Å²) in [5.41, 5.74) is 1.20. The molecule has 2 aromatic carbocycles. The predicted octanol–water partition coefficient (Wildman–Crippen LogP) is 3.23. The molecule has 0 spiro atoms. The standard InChI is InChI=1S/C18H16IN3O5S/c1-22-17(21-28(23,24)13-6-4-12(19)5-7-13)16(18(20-22)25-2)11-3-8-14-15(9-11)27-10-26-14/h3-9,21H,10H2,1-2H3. The molecule has 0 unspecified atom stereocenters. The van der Waals surface area contributed by atoms with E-state index >= 15 is 0 Å². The number of benzene rings is 2. The Kier molecular flexibility index (Phi) is 4.83. The normalized spacial score (nSPS) is 12.8. The number of hydrogen-bond donors (Lipinski definition) is 1. The van der Waals surface area contributed by atoms with Crippen LogP contribution in [0.4, 0.5) is 5.82 Å². The van der Waals surface area contributed by atoms with E-state index in [4.69, 9.17) is 14.2 Å². The minimum Gasteiger partial charge on any atom is -0.479 e. The first kappa shape index (κ1) is 18.9. The molecule has 1 aromatic heterocycles. The number of ether oxygens (including phenoxy) is 3. The summed E-state index contributed by atoms with van der Waals surface area (Å²) in [7, 11) is -0.689. The Hall–Kier alpha value is -2.47. The van der Waals surface area contributed by atoms with E-state index in [1.54, 1.807) is 49.5 Å². The Labute approximate surface area is 175 Å². The van der Waals surface area contributed by atoms with Crippen LogP contribution in [-0.4, -0.2) is 32.1 Å². The van der Waals surface area contributed by atoms with Gasteiger partial charge in [0.05, 0.1) is 17.6 Å². The van der Waals surface area contributed by atoms with Crippen molar-refractivity contribution in [2.24, 2.45) is 7.05 Å². The second kappa shape index (κ2) is 7.17. The Balaban J connectivity index is 1.79. The molecule has 1 aliphatic heterocycles. The summed E-state index contributed by atoms with van der Waals surface area (Å²) in [5.74, 6) is 1.79. The molecule has 0 aliphatic carbocycles. The maximum absolute atomic E-state index is 12.9. The van der Waals surface area contributed by atoms with E-state index in [2.05, 4.69) is 32.4 Å². The van der Waals surface area contributed by atoms with E-state index in [0.29, 0.717) is 28.5 Å². The molecule has 0 bridgehead atoms. The summed E-state index contributed by atoms with van der Waals surface area (Å²) in [6.45, 7) is 0.148. The molecule has 3 aromatic rings. The minimum atomic E-state index is -3.82. The number of fused-ring (bicyclic) bond motifs is 1. The number of halogens is 1. The second-order valence-electron chi connectivity index (χ2n) is 5.98. The van der Waals surface area contributed by atoms with Crippen molar-refractivity contribution in [3.8, 4) is 28.5 Å². The topological polar surface area (TPSA) is 91.7 Å². The van der Waals surface area contributed by atoms with Gasteiger partial charge in [0.25, 0.3) is 10.0 Å². The lowest BCUT2D eigenvalue weighted by atomic mass is 10.1. The smallest absolute Gasteiger partial charge is 0.263 e. The van der Waals surface area contributed by atoms with E-state index in [-0.39, 0.29) is 17.5 Å². The molecular formula is C18H16IN3O5S. The molecule has 0 atom stereocenters. The summed E-state index contributed by atoms with van der Waals surface area (Å²) in [5, 5.41) is 4.29. The Morgan fingerprint density at radius 3 is 2.57 bits per heavy atom. The number of nitrogens with one attached hydrogen (secondary N) is 1. The number of methoxy groups -OCH3 is 1. The molecule has 8 nitrogen and oxygen atoms in total. The van der Waals surface area contributed by atoms with Gasteiger partial charge in [0.15, 0.2) is 11.5 Å². The highest BCUT2D eigenvalue weighted by molar-refractivity contribution is 14.1. The number of aryl methyl sites for hydroxylation is 1. The van der Waals surface area contributed by atoms with Gasteiger partial charge >= 0.3 is 0 Å². The second-order valence-corrected chi connectivity index (χ2v) is 8.91. The maximum atomic E-state index is 12.9. The van der Waals surface area contributed by atoms with Crippen LogP contribution in [0.5, 0.6) is 17.4 Å². The lowest BCUT2D eigenvalue weighted by Crippen LogP contribution is -2.16. The van der Waals surface area contributed by atoms with Gasteiger partial charge in [-0.05, 0) is 64.6 Å². The Bertz CT molecular complexity index is 1140. The SMILES string of the molecule is COc1nn(C)c(NS(=O)(=O)c2ccc(I)cc2)c1-c1ccc2c(c1)OCO2. The van der Waals surface area contributed by atoms with Gasteiger partial charge in [-0.3, -0.25) is 4.72 Å². The zero-order valence-electron chi connectivity index (χ0n) is 15.0. The van der Waals surface area contributed by atoms with Gasteiger partial charge in [-0.2, -0.15) is 0 Å². The molecule has 4 rings (SSSR count). The van der Waals surface area contributed by atoms with E-state index in [9.17, 15) is 8.42 Å². The molecule has 146 valence electrons. The molecule has 1 aliphatic rings. The van der Waals surface area contributed by atoms with Crippen LogP contribution in [0.25, 0.3) is 11.1 Å². The van der Waals surface area contributed by atoms with E-state index in [0.717, 1.165) is 3.57 Å². The van der Waals surface area contributed by atoms with Crippen molar-refractivity contribution >= 4 is 38.4 Å². The van der Waals surface area contributed by atoms with Crippen molar-refractivity contribution in [2.75, 3.05) is 18.6 Å². The van der Waals surface area contributed by atoms with Gasteiger partial charge in [0, 0.05) is 10.6 Å². The highest BCUT2D eigenvalue weighted by Crippen LogP contribution is 2.42. The summed E-state index contributed by atoms with van der Waals surface area (Å²) in [6.07, 6.45) is 0. The Morgan fingerprint density at radius 1 is 1.14 bits per heavy atom. The van der Waals surface area contributed by atoms with E-state index < -0.39 is 10.0 Å². The predicted molar refractivity (Wildman–Crippen MR) is 111 cm³/mol. The number of aromatic nitrogens is 2. The third kappa shape index (κ3) is 3.37. The van der Waals surface area contributed by atoms with Crippen LogP contribution < -0.4 is 18.9 Å². The third-order valence-corrected chi connectivity index (χ3v) is 6.30. The first-order valence-electron chi connectivity index (χ1n) is 8.18. The first-order chi connectivity index (χ1) is 13.4. The van der Waals surface area contributed by atoms with Gasteiger partial charge in [0.1, 0.15) is 5.82 Å². The molecule has 0 amide bonds. The fourth-order valence-electron chi connectivity index (χ4n) is 2.87. The van der Waals surface area contributed by atoms with Crippen LogP contribution in [0.2, 0.25) is 0 Å². The number of sulfonamides is 1. The highest BCUT2D eigenvalue weighted by atomic mass is 127. The number of hydrogen-bond acceptors (Lipinski definition) is 6. The van der Waals surface area contributed by atoms with Crippen LogP contribution in [-0.2, 0) is 17.1 Å². The lowest BCUT2D eigenvalue weighted by Gasteiger charge is -2.11. The quantitative estimate of drug-likeness (QED) is 0.527. The van der Waals surface area contributed by atoms with Crippen LogP contribution in [0.3, 0.4) is 0 Å². The average Bonchev–Trinajstić information content (AvgIpc) is 3.25. The van der Waals surface area contributed by atoms with Crippen molar-refractivity contribution in [1.82, 2.24) is 9.78 Å². The summed E-state index contributed by atoms with van der Waals surface area (Å²) in [6, 6.07) is 11.9. The largest absolute Gasteiger partial charge is 0.479 e. The number of rotatable bonds is 5. The Morgan fingerprint density at radius 2 is 1.86 bits per heavy atom. The third-order valence-electron chi connectivity index (χ3n) is 4.22. The molecule has 2 heterocycles. The number of anilines is 1. The van der Waals surface area contributed by atoms with Crippen LogP contribution in [0.15, 0.2) is 47.4 Å². The van der Waals surface area contributed by atoms with Gasteiger partial charge in [0.2, 0.25) is 12.7 Å². The van der Waals surface area contributed by atoms with E-state index in [1.165, 1.54) is 11.8 Å². The molecule has 1 N–H and O–H groups in total. The summed E-state index contributed by atoms with van der Waals surface area (Å²) >= 11 is 2.12. The summed E-state index contributed by atoms with van der Waals surface area (Å²) in [4.78, 5) is 0.157. The minimum absolute atomic E-state index is 0.148. The van der Waals surface area contributed by atoms with Crippen molar-refractivity contribution in [2.45, 2.75) is 4.90 Å². The zero-order valence-corrected chi connectivity index (χ0v) is 17.9. The lowest BCUT2D eigenvalue weighted by molar-refractivity contribution is 0.174. The van der Waals surface area contributed by atoms with Gasteiger partial charge in [-0.1, -0.05) is 6.07 Å². The number of nitrogens with zero attached hydrogens (tertiary/aromatic N) is 2. The van der Waals surface area contributed by atoms with Gasteiger partial charge in [-0.25, -0.2) is 13.1 Å². The zero-order chi connectivity index (χ0) is 19.9. The monoisotopic (exact) mass is 513 g/mol. The van der Waals surface area contributed by atoms with Crippen LogP contribution in [0, 0.1) is 3.57 Å². The van der Waals surface area contributed by atoms with Gasteiger partial charge < -0.3 is 14.2 Å². The molecular weight excluding hydrogens is 497 g/mol. The fraction of sp³-hybridized carbons (Fsp3) is 0.167.